The molecule has 0 aliphatic carbocycles. The highest BCUT2D eigenvalue weighted by atomic mass is 16.5. The van der Waals surface area contributed by atoms with Crippen LogP contribution in [0.5, 0.6) is 0 Å². The van der Waals surface area contributed by atoms with Crippen molar-refractivity contribution in [2.75, 3.05) is 5.32 Å². The summed E-state index contributed by atoms with van der Waals surface area (Å²) in [5.41, 5.74) is 3.42. The molecule has 0 saturated carbocycles. The van der Waals surface area contributed by atoms with Gasteiger partial charge in [0.15, 0.2) is 6.10 Å². The minimum Gasteiger partial charge on any atom is -0.452 e. The van der Waals surface area contributed by atoms with Crippen molar-refractivity contribution in [3.63, 3.8) is 0 Å². The van der Waals surface area contributed by atoms with Gasteiger partial charge in [-0.15, -0.1) is 0 Å². The summed E-state index contributed by atoms with van der Waals surface area (Å²) >= 11 is 0. The molecule has 1 atom stereocenters. The molecular formula is C24H23NO3. The van der Waals surface area contributed by atoms with Crippen LogP contribution in [-0.4, -0.2) is 18.0 Å². The smallest absolute Gasteiger partial charge is 0.318 e. The van der Waals surface area contributed by atoms with Gasteiger partial charge in [0.05, 0.1) is 0 Å². The van der Waals surface area contributed by atoms with Gasteiger partial charge in [-0.2, -0.15) is 0 Å². The molecule has 1 N–H and O–H groups in total. The van der Waals surface area contributed by atoms with E-state index in [4.69, 9.17) is 4.74 Å². The number of hydrogen-bond acceptors (Lipinski definition) is 3. The minimum absolute atomic E-state index is 0.364. The number of amides is 1. The van der Waals surface area contributed by atoms with Gasteiger partial charge in [0.25, 0.3) is 5.91 Å². The van der Waals surface area contributed by atoms with Crippen molar-refractivity contribution >= 4 is 17.6 Å². The lowest BCUT2D eigenvalue weighted by Gasteiger charge is -2.20. The van der Waals surface area contributed by atoms with Crippen molar-refractivity contribution in [3.05, 3.63) is 102 Å². The van der Waals surface area contributed by atoms with Crippen LogP contribution in [0.25, 0.3) is 0 Å². The van der Waals surface area contributed by atoms with E-state index in [0.29, 0.717) is 5.69 Å². The Hall–Kier alpha value is -3.40. The maximum absolute atomic E-state index is 13.0. The van der Waals surface area contributed by atoms with Crippen LogP contribution < -0.4 is 5.32 Å². The summed E-state index contributed by atoms with van der Waals surface area (Å²) < 4.78 is 5.53. The van der Waals surface area contributed by atoms with Crippen molar-refractivity contribution < 1.29 is 14.3 Å². The number of rotatable bonds is 6. The Morgan fingerprint density at radius 1 is 0.786 bits per heavy atom. The number of aryl methyl sites for hydroxylation is 1. The van der Waals surface area contributed by atoms with E-state index in [1.54, 1.807) is 6.92 Å². The van der Waals surface area contributed by atoms with Crippen LogP contribution in [0.1, 0.15) is 29.5 Å². The average Bonchev–Trinajstić information content (AvgIpc) is 2.71. The number of benzene rings is 3. The van der Waals surface area contributed by atoms with E-state index >= 15 is 0 Å². The SMILES string of the molecule is Cc1ccc(NC(=O)[C@@H](C)OC(=O)C(c2ccccc2)c2ccccc2)cc1. The quantitative estimate of drug-likeness (QED) is 0.637. The second-order valence-corrected chi connectivity index (χ2v) is 6.69. The second kappa shape index (κ2) is 9.00. The predicted molar refractivity (Wildman–Crippen MR) is 110 cm³/mol. The van der Waals surface area contributed by atoms with Crippen molar-refractivity contribution in [2.45, 2.75) is 25.9 Å². The molecule has 0 aliphatic heterocycles. The Kier molecular flexibility index (Phi) is 6.22. The lowest BCUT2D eigenvalue weighted by atomic mass is 9.91. The molecule has 0 saturated heterocycles. The van der Waals surface area contributed by atoms with Crippen LogP contribution in [0.3, 0.4) is 0 Å². The normalized spacial score (nSPS) is 11.7. The van der Waals surface area contributed by atoms with E-state index in [0.717, 1.165) is 16.7 Å². The molecule has 1 amide bonds. The maximum atomic E-state index is 13.0. The zero-order chi connectivity index (χ0) is 19.9. The zero-order valence-electron chi connectivity index (χ0n) is 16.0. The van der Waals surface area contributed by atoms with E-state index < -0.39 is 18.0 Å². The largest absolute Gasteiger partial charge is 0.452 e. The summed E-state index contributed by atoms with van der Waals surface area (Å²) in [4.78, 5) is 25.4. The molecule has 3 aromatic carbocycles. The molecule has 4 heteroatoms. The highest BCUT2D eigenvalue weighted by Gasteiger charge is 2.27. The zero-order valence-corrected chi connectivity index (χ0v) is 16.0. The Labute approximate surface area is 165 Å². The molecule has 0 spiro atoms. The fraction of sp³-hybridized carbons (Fsp3) is 0.167. The third kappa shape index (κ3) is 4.86. The van der Waals surface area contributed by atoms with Gasteiger partial charge in [0.1, 0.15) is 5.92 Å². The van der Waals surface area contributed by atoms with Crippen LogP contribution in [0.2, 0.25) is 0 Å². The molecule has 0 radical (unpaired) electrons. The number of carbonyl (C=O) groups excluding carboxylic acids is 2. The molecule has 0 bridgehead atoms. The summed E-state index contributed by atoms with van der Waals surface area (Å²) in [6.45, 7) is 3.55. The summed E-state index contributed by atoms with van der Waals surface area (Å²) in [6.07, 6.45) is -0.913. The fourth-order valence-corrected chi connectivity index (χ4v) is 2.93. The van der Waals surface area contributed by atoms with E-state index in [1.165, 1.54) is 0 Å². The molecule has 28 heavy (non-hydrogen) atoms. The number of ether oxygens (including phenoxy) is 1. The lowest BCUT2D eigenvalue weighted by molar-refractivity contribution is -0.153. The Morgan fingerprint density at radius 3 is 1.79 bits per heavy atom. The summed E-state index contributed by atoms with van der Waals surface area (Å²) in [6, 6.07) is 26.3. The van der Waals surface area contributed by atoms with E-state index in [9.17, 15) is 9.59 Å². The third-order valence-electron chi connectivity index (χ3n) is 4.48. The molecule has 0 aliphatic rings. The Morgan fingerprint density at radius 2 is 1.29 bits per heavy atom. The molecule has 0 unspecified atom stereocenters. The first-order chi connectivity index (χ1) is 13.5. The average molecular weight is 373 g/mol. The van der Waals surface area contributed by atoms with Crippen LogP contribution in [0, 0.1) is 6.92 Å². The minimum atomic E-state index is -0.913. The van der Waals surface area contributed by atoms with Gasteiger partial charge < -0.3 is 10.1 Å². The number of hydrogen-bond donors (Lipinski definition) is 1. The topological polar surface area (TPSA) is 55.4 Å². The molecule has 0 heterocycles. The van der Waals surface area contributed by atoms with E-state index in [2.05, 4.69) is 5.32 Å². The lowest BCUT2D eigenvalue weighted by Crippen LogP contribution is -2.32. The molecule has 142 valence electrons. The van der Waals surface area contributed by atoms with Crippen molar-refractivity contribution in [3.8, 4) is 0 Å². The summed E-state index contributed by atoms with van der Waals surface area (Å²) in [7, 11) is 0. The molecule has 3 aromatic rings. The van der Waals surface area contributed by atoms with Gasteiger partial charge in [0.2, 0.25) is 0 Å². The second-order valence-electron chi connectivity index (χ2n) is 6.69. The first kappa shape index (κ1) is 19.4. The standard InChI is InChI=1S/C24H23NO3/c1-17-13-15-21(16-14-17)25-23(26)18(2)28-24(27)22(19-9-5-3-6-10-19)20-11-7-4-8-12-20/h3-16,18,22H,1-2H3,(H,25,26)/t18-/m1/s1. The Bertz CT molecular complexity index is 882. The monoisotopic (exact) mass is 373 g/mol. The van der Waals surface area contributed by atoms with Gasteiger partial charge >= 0.3 is 5.97 Å². The predicted octanol–water partition coefficient (Wildman–Crippen LogP) is 4.70. The van der Waals surface area contributed by atoms with Gasteiger partial charge in [-0.05, 0) is 37.1 Å². The van der Waals surface area contributed by atoms with Crippen LogP contribution in [0.4, 0.5) is 5.69 Å². The van der Waals surface area contributed by atoms with E-state index in [-0.39, 0.29) is 5.91 Å². The van der Waals surface area contributed by atoms with Gasteiger partial charge in [-0.3, -0.25) is 9.59 Å². The van der Waals surface area contributed by atoms with Gasteiger partial charge in [-0.1, -0.05) is 78.4 Å². The number of esters is 1. The summed E-state index contributed by atoms with van der Waals surface area (Å²) in [5, 5.41) is 2.78. The van der Waals surface area contributed by atoms with Crippen LogP contribution in [-0.2, 0) is 14.3 Å². The third-order valence-corrected chi connectivity index (χ3v) is 4.48. The van der Waals surface area contributed by atoms with E-state index in [1.807, 2.05) is 91.9 Å². The number of anilines is 1. The van der Waals surface area contributed by atoms with Crippen molar-refractivity contribution in [1.82, 2.24) is 0 Å². The van der Waals surface area contributed by atoms with Crippen molar-refractivity contribution in [1.29, 1.82) is 0 Å². The van der Waals surface area contributed by atoms with Crippen molar-refractivity contribution in [2.24, 2.45) is 0 Å². The molecule has 0 aromatic heterocycles. The summed E-state index contributed by atoms with van der Waals surface area (Å²) in [5.74, 6) is -1.40. The number of carbonyl (C=O) groups is 2. The van der Waals surface area contributed by atoms with Gasteiger partial charge in [0, 0.05) is 5.69 Å². The van der Waals surface area contributed by atoms with Crippen LogP contribution >= 0.6 is 0 Å². The molecule has 4 nitrogen and oxygen atoms in total. The first-order valence-electron chi connectivity index (χ1n) is 9.22. The fourth-order valence-electron chi connectivity index (χ4n) is 2.93. The molecule has 3 rings (SSSR count). The highest BCUT2D eigenvalue weighted by Crippen LogP contribution is 2.26. The van der Waals surface area contributed by atoms with Gasteiger partial charge in [-0.25, -0.2) is 0 Å². The highest BCUT2D eigenvalue weighted by molar-refractivity contribution is 5.95. The van der Waals surface area contributed by atoms with Crippen LogP contribution in [0.15, 0.2) is 84.9 Å². The molecule has 0 fully saturated rings. The number of nitrogens with one attached hydrogen (secondary N) is 1. The first-order valence-corrected chi connectivity index (χ1v) is 9.22. The maximum Gasteiger partial charge on any atom is 0.318 e. The molecular weight excluding hydrogens is 350 g/mol. The Balaban J connectivity index is 1.74.